The van der Waals surface area contributed by atoms with Crippen LogP contribution in [-0.2, 0) is 97.4 Å². The summed E-state index contributed by atoms with van der Waals surface area (Å²) in [5.41, 5.74) is 0. The van der Waals surface area contributed by atoms with Gasteiger partial charge in [0.15, 0.2) is 0 Å². The van der Waals surface area contributed by atoms with Crippen LogP contribution in [-0.4, -0.2) is 43.8 Å². The molecule has 0 bridgehead atoms. The number of hydrogen-bond donors (Lipinski definition) is 0. The number of rotatable bonds is 0. The Balaban J connectivity index is 0. The molecule has 0 unspecified atom stereocenters. The van der Waals surface area contributed by atoms with Crippen LogP contribution in [0.25, 0.3) is 0 Å². The van der Waals surface area contributed by atoms with Gasteiger partial charge in [-0.1, -0.05) is 0 Å². The van der Waals surface area contributed by atoms with Crippen molar-refractivity contribution in [2.24, 2.45) is 0 Å². The molecule has 15 heavy (non-hydrogen) atoms. The maximum absolute atomic E-state index is 0. The van der Waals surface area contributed by atoms with Gasteiger partial charge in [0.2, 0.25) is 0 Å². The van der Waals surface area contributed by atoms with E-state index < -0.39 is 0 Å². The summed E-state index contributed by atoms with van der Waals surface area (Å²) in [7, 11) is 0. The van der Waals surface area contributed by atoms with E-state index in [0.717, 1.165) is 0 Å². The Morgan fingerprint density at radius 3 is 0.267 bits per heavy atom. The molecule has 0 aromatic rings. The predicted octanol–water partition coefficient (Wildman–Crippen LogP) is -7.42. The Morgan fingerprint density at radius 2 is 0.267 bits per heavy atom. The molecule has 0 aliphatic carbocycles. The Bertz CT molecular complexity index is 21.0. The SMILES string of the molecule is [Cl-].[Cl-].[OH-].[OH-].[OH-].[OH-].[OH-].[OH-].[OH-].[OH-].[Zn+2].[Zn+2].[Zn+2].[Zn].[Zn]. The van der Waals surface area contributed by atoms with Gasteiger partial charge in [0.05, 0.1) is 0 Å². The van der Waals surface area contributed by atoms with Gasteiger partial charge in [-0.25, -0.2) is 0 Å². The number of hydrogen-bond acceptors (Lipinski definition) is 8. The fourth-order valence-corrected chi connectivity index (χ4v) is 0. The minimum atomic E-state index is 0. The van der Waals surface area contributed by atoms with E-state index in [9.17, 15) is 0 Å². The largest absolute Gasteiger partial charge is 2.00 e. The molecule has 0 spiro atoms. The van der Waals surface area contributed by atoms with Crippen LogP contribution in [0.4, 0.5) is 0 Å². The molecule has 0 saturated carbocycles. The zero-order valence-corrected chi connectivity index (χ0v) is 24.2. The maximum Gasteiger partial charge on any atom is 2.00 e. The minimum Gasteiger partial charge on any atom is -1.00 e. The summed E-state index contributed by atoms with van der Waals surface area (Å²) in [5.74, 6) is 0. The summed E-state index contributed by atoms with van der Waals surface area (Å²) in [6.45, 7) is 0. The summed E-state index contributed by atoms with van der Waals surface area (Å²) >= 11 is 0. The summed E-state index contributed by atoms with van der Waals surface area (Å²) in [4.78, 5) is 0. The summed E-state index contributed by atoms with van der Waals surface area (Å²) in [6, 6.07) is 0. The van der Waals surface area contributed by atoms with E-state index in [1.54, 1.807) is 0 Å². The van der Waals surface area contributed by atoms with Crippen molar-refractivity contribution in [1.82, 2.24) is 0 Å². The van der Waals surface area contributed by atoms with E-state index in [0.29, 0.717) is 0 Å². The molecule has 84 valence electrons. The topological polar surface area (TPSA) is 240 Å². The van der Waals surface area contributed by atoms with E-state index in [1.807, 2.05) is 0 Å². The molecule has 0 aromatic carbocycles. The van der Waals surface area contributed by atoms with Crippen molar-refractivity contribution in [3.63, 3.8) is 0 Å². The minimum absolute atomic E-state index is 0. The first-order valence-corrected chi connectivity index (χ1v) is 0. The van der Waals surface area contributed by atoms with Gasteiger partial charge in [-0.3, -0.25) is 0 Å². The second-order valence-electron chi connectivity index (χ2n) is 0. The van der Waals surface area contributed by atoms with Crippen LogP contribution in [0.1, 0.15) is 0 Å². The van der Waals surface area contributed by atoms with Crippen molar-refractivity contribution in [2.75, 3.05) is 0 Å². The standard InChI is InChI=1S/2ClH.8H2O.5Zn/h2*1H;8*1H2;;;;;/q;;;;;;;;;;;;3*+2/p-10. The quantitative estimate of drug-likeness (QED) is 0.270. The Labute approximate surface area is 164 Å². The van der Waals surface area contributed by atoms with Gasteiger partial charge in [0.25, 0.3) is 0 Å². The molecule has 0 saturated heterocycles. The van der Waals surface area contributed by atoms with Gasteiger partial charge in [-0.2, -0.15) is 0 Å². The van der Waals surface area contributed by atoms with Gasteiger partial charge in [0.1, 0.15) is 0 Å². The van der Waals surface area contributed by atoms with Crippen LogP contribution in [0.15, 0.2) is 0 Å². The molecule has 0 amide bonds. The molecular formula is H8Cl2O8Zn5-4. The first kappa shape index (κ1) is 487. The molecule has 0 aliphatic rings. The van der Waals surface area contributed by atoms with E-state index in [-0.39, 0.29) is 166 Å². The molecule has 0 rings (SSSR count). The third-order valence-corrected chi connectivity index (χ3v) is 0. The summed E-state index contributed by atoms with van der Waals surface area (Å²) in [5, 5.41) is 0. The normalized spacial score (nSPS) is 0. The van der Waals surface area contributed by atoms with Crippen molar-refractivity contribution >= 4 is 0 Å². The van der Waals surface area contributed by atoms with Crippen molar-refractivity contribution in [3.05, 3.63) is 0 Å². The van der Waals surface area contributed by atoms with E-state index in [4.69, 9.17) is 0 Å². The summed E-state index contributed by atoms with van der Waals surface area (Å²) < 4.78 is 0. The molecule has 0 heterocycles. The molecular weight excluding hydrogens is 526 g/mol. The Hall–Kier alpha value is 3.38. The molecule has 0 aromatic heterocycles. The Morgan fingerprint density at radius 1 is 0.267 bits per heavy atom. The molecule has 15 heteroatoms. The maximum atomic E-state index is 0. The average Bonchev–Trinajstić information content (AvgIpc) is 0. The van der Waals surface area contributed by atoms with E-state index in [1.165, 1.54) is 0 Å². The van der Waals surface area contributed by atoms with E-state index in [2.05, 4.69) is 0 Å². The zero-order valence-electron chi connectivity index (χ0n) is 7.87. The average molecular weight is 534 g/mol. The van der Waals surface area contributed by atoms with Crippen LogP contribution in [0.3, 0.4) is 0 Å². The monoisotopic (exact) mass is 526 g/mol. The first-order valence-electron chi connectivity index (χ1n) is 0. The van der Waals surface area contributed by atoms with Gasteiger partial charge < -0.3 is 68.6 Å². The van der Waals surface area contributed by atoms with Crippen LogP contribution < -0.4 is 24.8 Å². The van der Waals surface area contributed by atoms with Gasteiger partial charge in [0, 0.05) is 39.0 Å². The smallest absolute Gasteiger partial charge is 1.00 e. The molecule has 0 fully saturated rings. The van der Waals surface area contributed by atoms with Crippen LogP contribution in [0, 0.1) is 0 Å². The van der Waals surface area contributed by atoms with Crippen molar-refractivity contribution in [1.29, 1.82) is 0 Å². The fraction of sp³-hybridized carbons (Fsp3) is 0. The molecule has 0 atom stereocenters. The second kappa shape index (κ2) is 409. The van der Waals surface area contributed by atoms with E-state index >= 15 is 0 Å². The first-order chi connectivity index (χ1) is 0. The molecule has 8 N–H and O–H groups in total. The van der Waals surface area contributed by atoms with Crippen molar-refractivity contribution in [2.45, 2.75) is 0 Å². The van der Waals surface area contributed by atoms with Crippen LogP contribution >= 0.6 is 0 Å². The van der Waals surface area contributed by atoms with Crippen molar-refractivity contribution in [3.8, 4) is 0 Å². The number of halogens is 2. The van der Waals surface area contributed by atoms with Gasteiger partial charge in [-0.05, 0) is 0 Å². The predicted molar refractivity (Wildman–Crippen MR) is 15.5 cm³/mol. The third kappa shape index (κ3) is 360. The van der Waals surface area contributed by atoms with Gasteiger partial charge >= 0.3 is 58.4 Å². The fourth-order valence-electron chi connectivity index (χ4n) is 0. The zero-order chi connectivity index (χ0) is 0. The second-order valence-corrected chi connectivity index (χ2v) is 0. The van der Waals surface area contributed by atoms with Crippen molar-refractivity contribution < 1.29 is 166 Å². The molecule has 0 radical (unpaired) electrons. The Kier molecular flexibility index (Phi) is 13300. The van der Waals surface area contributed by atoms with Crippen LogP contribution in [0.2, 0.25) is 0 Å². The van der Waals surface area contributed by atoms with Gasteiger partial charge in [-0.15, -0.1) is 0 Å². The molecule has 8 nitrogen and oxygen atoms in total. The summed E-state index contributed by atoms with van der Waals surface area (Å²) in [6.07, 6.45) is 0. The molecule has 0 aliphatic heterocycles. The van der Waals surface area contributed by atoms with Crippen LogP contribution in [0.5, 0.6) is 0 Å². The third-order valence-electron chi connectivity index (χ3n) is 0.